The number of rotatable bonds is 9. The van der Waals surface area contributed by atoms with Crippen LogP contribution in [0.3, 0.4) is 0 Å². The SMILES string of the molecule is CC(C)[C@H](NC(=O)[C@@H]1CCC(=O)N1)C(=O)N[C@@H](CCC(=O)O)C(=O)O. The second-order valence-corrected chi connectivity index (χ2v) is 6.22. The van der Waals surface area contributed by atoms with Crippen molar-refractivity contribution in [2.75, 3.05) is 0 Å². The average molecular weight is 357 g/mol. The highest BCUT2D eigenvalue weighted by Crippen LogP contribution is 2.09. The monoisotopic (exact) mass is 357 g/mol. The van der Waals surface area contributed by atoms with Gasteiger partial charge in [-0.15, -0.1) is 0 Å². The van der Waals surface area contributed by atoms with Crippen molar-refractivity contribution in [3.8, 4) is 0 Å². The minimum atomic E-state index is -1.37. The van der Waals surface area contributed by atoms with Gasteiger partial charge in [0.25, 0.3) is 0 Å². The van der Waals surface area contributed by atoms with Crippen molar-refractivity contribution in [1.29, 1.82) is 0 Å². The lowest BCUT2D eigenvalue weighted by atomic mass is 10.0. The summed E-state index contributed by atoms with van der Waals surface area (Å²) >= 11 is 0. The molecule has 25 heavy (non-hydrogen) atoms. The van der Waals surface area contributed by atoms with Crippen LogP contribution in [0.5, 0.6) is 0 Å². The normalized spacial score (nSPS) is 19.0. The van der Waals surface area contributed by atoms with Crippen molar-refractivity contribution in [3.63, 3.8) is 0 Å². The standard InChI is InChI=1S/C15H23N3O7/c1-7(2)12(18-13(22)8-3-5-10(19)16-8)14(23)17-9(15(24)25)4-6-11(20)21/h7-9,12H,3-6H2,1-2H3,(H,16,19)(H,17,23)(H,18,22)(H,20,21)(H,24,25)/t8-,9-,12-/m0/s1. The molecule has 10 nitrogen and oxygen atoms in total. The second kappa shape index (κ2) is 9.00. The van der Waals surface area contributed by atoms with Gasteiger partial charge >= 0.3 is 11.9 Å². The highest BCUT2D eigenvalue weighted by molar-refractivity contribution is 5.95. The van der Waals surface area contributed by atoms with Crippen molar-refractivity contribution in [2.45, 2.75) is 57.7 Å². The van der Waals surface area contributed by atoms with Crippen molar-refractivity contribution < 1.29 is 34.2 Å². The molecule has 5 N–H and O–H groups in total. The number of carboxylic acid groups (broad SMARTS) is 2. The molecule has 3 atom stereocenters. The molecule has 0 aromatic heterocycles. The van der Waals surface area contributed by atoms with Gasteiger partial charge in [0.05, 0.1) is 0 Å². The number of hydrogen-bond acceptors (Lipinski definition) is 5. The Bertz CT molecular complexity index is 561. The first-order valence-electron chi connectivity index (χ1n) is 7.96. The molecule has 10 heteroatoms. The zero-order valence-electron chi connectivity index (χ0n) is 14.1. The molecule has 1 heterocycles. The van der Waals surface area contributed by atoms with Crippen LogP contribution in [0.2, 0.25) is 0 Å². The maximum absolute atomic E-state index is 12.3. The van der Waals surface area contributed by atoms with Gasteiger partial charge in [0, 0.05) is 12.8 Å². The lowest BCUT2D eigenvalue weighted by molar-refractivity contribution is -0.143. The number of carbonyl (C=O) groups excluding carboxylic acids is 3. The van der Waals surface area contributed by atoms with Crippen LogP contribution in [0.25, 0.3) is 0 Å². The van der Waals surface area contributed by atoms with E-state index in [2.05, 4.69) is 16.0 Å². The molecule has 0 aromatic rings. The Balaban J connectivity index is 2.71. The molecule has 1 aliphatic rings. The molecule has 0 aromatic carbocycles. The van der Waals surface area contributed by atoms with Crippen LogP contribution in [-0.2, 0) is 24.0 Å². The van der Waals surface area contributed by atoms with Gasteiger partial charge in [0.15, 0.2) is 0 Å². The van der Waals surface area contributed by atoms with E-state index in [4.69, 9.17) is 10.2 Å². The van der Waals surface area contributed by atoms with Gasteiger partial charge in [-0.05, 0) is 18.8 Å². The van der Waals surface area contributed by atoms with Crippen LogP contribution in [0, 0.1) is 5.92 Å². The Morgan fingerprint density at radius 2 is 1.84 bits per heavy atom. The molecule has 1 saturated heterocycles. The van der Waals surface area contributed by atoms with Gasteiger partial charge in [0.1, 0.15) is 18.1 Å². The van der Waals surface area contributed by atoms with Crippen LogP contribution in [-0.4, -0.2) is 58.0 Å². The number of carboxylic acids is 2. The summed E-state index contributed by atoms with van der Waals surface area (Å²) in [5.74, 6) is -4.35. The van der Waals surface area contributed by atoms with E-state index in [9.17, 15) is 24.0 Å². The van der Waals surface area contributed by atoms with Gasteiger partial charge in [-0.2, -0.15) is 0 Å². The molecular weight excluding hydrogens is 334 g/mol. The van der Waals surface area contributed by atoms with E-state index in [1.54, 1.807) is 13.8 Å². The maximum atomic E-state index is 12.3. The van der Waals surface area contributed by atoms with E-state index in [1.807, 2.05) is 0 Å². The number of aliphatic carboxylic acids is 2. The fourth-order valence-corrected chi connectivity index (χ4v) is 2.39. The molecule has 0 saturated carbocycles. The summed E-state index contributed by atoms with van der Waals surface area (Å²) in [5.41, 5.74) is 0. The largest absolute Gasteiger partial charge is 0.481 e. The molecule has 0 unspecified atom stereocenters. The first kappa shape index (κ1) is 20.4. The Morgan fingerprint density at radius 3 is 2.28 bits per heavy atom. The Hall–Kier alpha value is -2.65. The molecule has 0 aliphatic carbocycles. The molecule has 1 rings (SSSR count). The van der Waals surface area contributed by atoms with Crippen molar-refractivity contribution >= 4 is 29.7 Å². The number of carbonyl (C=O) groups is 5. The summed E-state index contributed by atoms with van der Waals surface area (Å²) in [4.78, 5) is 57.4. The molecule has 1 aliphatic heterocycles. The first-order valence-corrected chi connectivity index (χ1v) is 7.96. The smallest absolute Gasteiger partial charge is 0.326 e. The van der Waals surface area contributed by atoms with Gasteiger partial charge in [-0.1, -0.05) is 13.8 Å². The van der Waals surface area contributed by atoms with Crippen molar-refractivity contribution in [1.82, 2.24) is 16.0 Å². The Labute approximate surface area is 144 Å². The predicted octanol–water partition coefficient (Wildman–Crippen LogP) is -1.16. The van der Waals surface area contributed by atoms with E-state index in [1.165, 1.54) is 0 Å². The molecule has 0 bridgehead atoms. The number of amides is 3. The lowest BCUT2D eigenvalue weighted by Crippen LogP contribution is -2.56. The third kappa shape index (κ3) is 6.40. The molecule has 0 radical (unpaired) electrons. The predicted molar refractivity (Wildman–Crippen MR) is 84.4 cm³/mol. The van der Waals surface area contributed by atoms with E-state index in [-0.39, 0.29) is 24.7 Å². The minimum absolute atomic E-state index is 0.229. The van der Waals surface area contributed by atoms with Gasteiger partial charge in [-0.25, -0.2) is 4.79 Å². The summed E-state index contributed by atoms with van der Waals surface area (Å²) in [6.07, 6.45) is -0.127. The number of nitrogens with one attached hydrogen (secondary N) is 3. The summed E-state index contributed by atoms with van der Waals surface area (Å²) in [5, 5.41) is 25.0. The third-order valence-electron chi connectivity index (χ3n) is 3.82. The van der Waals surface area contributed by atoms with Crippen LogP contribution >= 0.6 is 0 Å². The third-order valence-corrected chi connectivity index (χ3v) is 3.82. The van der Waals surface area contributed by atoms with E-state index >= 15 is 0 Å². The van der Waals surface area contributed by atoms with Crippen LogP contribution in [0.15, 0.2) is 0 Å². The zero-order valence-corrected chi connectivity index (χ0v) is 14.1. The van der Waals surface area contributed by atoms with Crippen LogP contribution in [0.1, 0.15) is 39.5 Å². The topological polar surface area (TPSA) is 162 Å². The fourth-order valence-electron chi connectivity index (χ4n) is 2.39. The highest BCUT2D eigenvalue weighted by Gasteiger charge is 2.33. The summed E-state index contributed by atoms with van der Waals surface area (Å²) in [6, 6.07) is -3.09. The Kier molecular flexibility index (Phi) is 7.34. The van der Waals surface area contributed by atoms with Crippen LogP contribution < -0.4 is 16.0 Å². The minimum Gasteiger partial charge on any atom is -0.481 e. The maximum Gasteiger partial charge on any atom is 0.326 e. The highest BCUT2D eigenvalue weighted by atomic mass is 16.4. The van der Waals surface area contributed by atoms with E-state index in [0.29, 0.717) is 6.42 Å². The van der Waals surface area contributed by atoms with E-state index in [0.717, 1.165) is 0 Å². The zero-order chi connectivity index (χ0) is 19.1. The van der Waals surface area contributed by atoms with Crippen molar-refractivity contribution in [2.24, 2.45) is 5.92 Å². The lowest BCUT2D eigenvalue weighted by Gasteiger charge is -2.25. The van der Waals surface area contributed by atoms with Gasteiger partial charge < -0.3 is 26.2 Å². The summed E-state index contributed by atoms with van der Waals surface area (Å²) in [6.45, 7) is 3.34. The average Bonchev–Trinajstić information content (AvgIpc) is 2.94. The summed E-state index contributed by atoms with van der Waals surface area (Å²) in [7, 11) is 0. The van der Waals surface area contributed by atoms with Crippen LogP contribution in [0.4, 0.5) is 0 Å². The summed E-state index contributed by atoms with van der Waals surface area (Å²) < 4.78 is 0. The van der Waals surface area contributed by atoms with Gasteiger partial charge in [0.2, 0.25) is 17.7 Å². The van der Waals surface area contributed by atoms with Crippen molar-refractivity contribution in [3.05, 3.63) is 0 Å². The molecule has 0 spiro atoms. The van der Waals surface area contributed by atoms with Gasteiger partial charge in [-0.3, -0.25) is 19.2 Å². The second-order valence-electron chi connectivity index (χ2n) is 6.22. The molecular formula is C15H23N3O7. The molecule has 1 fully saturated rings. The molecule has 3 amide bonds. The Morgan fingerprint density at radius 1 is 1.20 bits per heavy atom. The fraction of sp³-hybridized carbons (Fsp3) is 0.667. The molecule has 140 valence electrons. The first-order chi connectivity index (χ1) is 11.6. The number of hydrogen-bond donors (Lipinski definition) is 5. The quantitative estimate of drug-likeness (QED) is 0.347. The van der Waals surface area contributed by atoms with E-state index < -0.39 is 48.3 Å².